The topological polar surface area (TPSA) is 85.2 Å². The number of benzene rings is 2. The van der Waals surface area contributed by atoms with Crippen molar-refractivity contribution in [2.24, 2.45) is 0 Å². The number of sulfone groups is 1. The van der Waals surface area contributed by atoms with E-state index in [0.717, 1.165) is 11.1 Å². The maximum absolute atomic E-state index is 12.9. The summed E-state index contributed by atoms with van der Waals surface area (Å²) in [5.74, 6) is -0.136. The first-order chi connectivity index (χ1) is 12.7. The SMILES string of the molecule is CCn1nnc2cc(C(=O)N(C)C(C)c3ccc(S(C)(=O)=O)cc3)ccc21. The van der Waals surface area contributed by atoms with Crippen molar-refractivity contribution in [3.63, 3.8) is 0 Å². The third-order valence-electron chi connectivity index (χ3n) is 4.75. The minimum Gasteiger partial charge on any atom is -0.335 e. The van der Waals surface area contributed by atoms with Crippen LogP contribution < -0.4 is 0 Å². The highest BCUT2D eigenvalue weighted by Crippen LogP contribution is 2.23. The first kappa shape index (κ1) is 19.0. The van der Waals surface area contributed by atoms with Gasteiger partial charge in [-0.3, -0.25) is 4.79 Å². The van der Waals surface area contributed by atoms with Crippen LogP contribution in [0.25, 0.3) is 11.0 Å². The second-order valence-electron chi connectivity index (χ2n) is 6.54. The quantitative estimate of drug-likeness (QED) is 0.673. The lowest BCUT2D eigenvalue weighted by molar-refractivity contribution is 0.0742. The average molecular weight is 386 g/mol. The molecule has 0 aliphatic rings. The summed E-state index contributed by atoms with van der Waals surface area (Å²) in [7, 11) is -1.51. The number of nitrogens with zero attached hydrogens (tertiary/aromatic N) is 4. The highest BCUT2D eigenvalue weighted by atomic mass is 32.2. The molecule has 1 unspecified atom stereocenters. The van der Waals surface area contributed by atoms with E-state index in [4.69, 9.17) is 0 Å². The number of aromatic nitrogens is 3. The van der Waals surface area contributed by atoms with Gasteiger partial charge < -0.3 is 4.90 Å². The molecule has 0 aliphatic carbocycles. The van der Waals surface area contributed by atoms with Crippen molar-refractivity contribution in [1.82, 2.24) is 19.9 Å². The van der Waals surface area contributed by atoms with Crippen molar-refractivity contribution in [1.29, 1.82) is 0 Å². The molecule has 0 saturated carbocycles. The first-order valence-electron chi connectivity index (χ1n) is 8.62. The van der Waals surface area contributed by atoms with Crippen molar-refractivity contribution in [3.8, 4) is 0 Å². The van der Waals surface area contributed by atoms with E-state index in [9.17, 15) is 13.2 Å². The zero-order valence-electron chi connectivity index (χ0n) is 15.7. The van der Waals surface area contributed by atoms with Gasteiger partial charge in [0, 0.05) is 25.4 Å². The van der Waals surface area contributed by atoms with Crippen molar-refractivity contribution in [2.45, 2.75) is 31.3 Å². The van der Waals surface area contributed by atoms with Gasteiger partial charge in [0.05, 0.1) is 16.5 Å². The van der Waals surface area contributed by atoms with Crippen LogP contribution in [0.1, 0.15) is 35.8 Å². The molecule has 3 rings (SSSR count). The molecule has 0 saturated heterocycles. The molecule has 1 amide bonds. The number of amides is 1. The van der Waals surface area contributed by atoms with E-state index >= 15 is 0 Å². The van der Waals surface area contributed by atoms with Crippen LogP contribution in [0.4, 0.5) is 0 Å². The molecule has 0 bridgehead atoms. The highest BCUT2D eigenvalue weighted by molar-refractivity contribution is 7.90. The van der Waals surface area contributed by atoms with E-state index in [2.05, 4.69) is 10.3 Å². The molecule has 0 aliphatic heterocycles. The molecule has 1 atom stereocenters. The zero-order chi connectivity index (χ0) is 19.8. The van der Waals surface area contributed by atoms with E-state index in [1.54, 1.807) is 53.0 Å². The van der Waals surface area contributed by atoms with E-state index in [1.165, 1.54) is 6.26 Å². The molecule has 0 N–H and O–H groups in total. The van der Waals surface area contributed by atoms with Gasteiger partial charge in [-0.1, -0.05) is 17.3 Å². The molecular formula is C19H22N4O3S. The van der Waals surface area contributed by atoms with Gasteiger partial charge in [0.15, 0.2) is 9.84 Å². The molecule has 142 valence electrons. The van der Waals surface area contributed by atoms with Crippen LogP contribution in [-0.2, 0) is 16.4 Å². The Bertz CT molecular complexity index is 1090. The van der Waals surface area contributed by atoms with Gasteiger partial charge in [-0.05, 0) is 49.7 Å². The third kappa shape index (κ3) is 3.71. The summed E-state index contributed by atoms with van der Waals surface area (Å²) in [6.07, 6.45) is 1.17. The van der Waals surface area contributed by atoms with Crippen molar-refractivity contribution in [3.05, 3.63) is 53.6 Å². The number of fused-ring (bicyclic) bond motifs is 1. The minimum atomic E-state index is -3.24. The average Bonchev–Trinajstić information content (AvgIpc) is 3.08. The second kappa shape index (κ2) is 7.11. The lowest BCUT2D eigenvalue weighted by Gasteiger charge is -2.25. The van der Waals surface area contributed by atoms with Gasteiger partial charge in [-0.2, -0.15) is 0 Å². The Morgan fingerprint density at radius 1 is 1.19 bits per heavy atom. The standard InChI is InChI=1S/C19H22N4O3S/c1-5-23-18-11-8-15(12-17(18)20-21-23)19(24)22(3)13(2)14-6-9-16(10-7-14)27(4,25)26/h6-13H,5H2,1-4H3. The van der Waals surface area contributed by atoms with Crippen LogP contribution in [0.2, 0.25) is 0 Å². The van der Waals surface area contributed by atoms with Gasteiger partial charge in [-0.15, -0.1) is 5.10 Å². The lowest BCUT2D eigenvalue weighted by Crippen LogP contribution is -2.29. The Morgan fingerprint density at radius 2 is 1.85 bits per heavy atom. The lowest BCUT2D eigenvalue weighted by atomic mass is 10.1. The fourth-order valence-electron chi connectivity index (χ4n) is 2.94. The van der Waals surface area contributed by atoms with Gasteiger partial charge >= 0.3 is 0 Å². The van der Waals surface area contributed by atoms with Crippen LogP contribution in [0.3, 0.4) is 0 Å². The minimum absolute atomic E-state index is 0.136. The Kier molecular flexibility index (Phi) is 5.01. The predicted octanol–water partition coefficient (Wildman–Crippen LogP) is 2.69. The van der Waals surface area contributed by atoms with Gasteiger partial charge in [0.25, 0.3) is 5.91 Å². The first-order valence-corrected chi connectivity index (χ1v) is 10.5. The molecule has 1 heterocycles. The summed E-state index contributed by atoms with van der Waals surface area (Å²) >= 11 is 0. The summed E-state index contributed by atoms with van der Waals surface area (Å²) in [5.41, 5.74) is 2.96. The van der Waals surface area contributed by atoms with Crippen molar-refractivity contribution >= 4 is 26.8 Å². The van der Waals surface area contributed by atoms with E-state index < -0.39 is 9.84 Å². The summed E-state index contributed by atoms with van der Waals surface area (Å²) in [4.78, 5) is 14.8. The normalized spacial score (nSPS) is 12.9. The number of hydrogen-bond donors (Lipinski definition) is 0. The van der Waals surface area contributed by atoms with Gasteiger partial charge in [-0.25, -0.2) is 13.1 Å². The van der Waals surface area contributed by atoms with Gasteiger partial charge in [0.2, 0.25) is 0 Å². The molecule has 0 fully saturated rings. The molecule has 27 heavy (non-hydrogen) atoms. The number of rotatable bonds is 5. The number of carbonyl (C=O) groups excluding carboxylic acids is 1. The molecule has 2 aromatic carbocycles. The molecular weight excluding hydrogens is 364 g/mol. The molecule has 3 aromatic rings. The highest BCUT2D eigenvalue weighted by Gasteiger charge is 2.20. The monoisotopic (exact) mass is 386 g/mol. The Labute approximate surface area is 158 Å². The summed E-state index contributed by atoms with van der Waals surface area (Å²) in [6, 6.07) is 11.8. The maximum Gasteiger partial charge on any atom is 0.254 e. The molecule has 0 spiro atoms. The van der Waals surface area contributed by atoms with E-state index in [-0.39, 0.29) is 16.8 Å². The predicted molar refractivity (Wildman–Crippen MR) is 103 cm³/mol. The van der Waals surface area contributed by atoms with Crippen LogP contribution in [0, 0.1) is 0 Å². The van der Waals surface area contributed by atoms with Crippen LogP contribution in [0.15, 0.2) is 47.4 Å². The number of hydrogen-bond acceptors (Lipinski definition) is 5. The van der Waals surface area contributed by atoms with Crippen LogP contribution >= 0.6 is 0 Å². The molecule has 0 radical (unpaired) electrons. The van der Waals surface area contributed by atoms with Gasteiger partial charge in [0.1, 0.15) is 5.52 Å². The second-order valence-corrected chi connectivity index (χ2v) is 8.56. The summed E-state index contributed by atoms with van der Waals surface area (Å²) in [6.45, 7) is 4.60. The molecule has 8 heteroatoms. The largest absolute Gasteiger partial charge is 0.335 e. The van der Waals surface area contributed by atoms with E-state index in [0.29, 0.717) is 17.6 Å². The fourth-order valence-corrected chi connectivity index (χ4v) is 3.57. The molecule has 7 nitrogen and oxygen atoms in total. The summed E-state index contributed by atoms with van der Waals surface area (Å²) < 4.78 is 25.0. The third-order valence-corrected chi connectivity index (χ3v) is 5.88. The van der Waals surface area contributed by atoms with E-state index in [1.807, 2.05) is 19.9 Å². The number of carbonyl (C=O) groups is 1. The fraction of sp³-hybridized carbons (Fsp3) is 0.316. The molecule has 1 aromatic heterocycles. The van der Waals surface area contributed by atoms with Crippen molar-refractivity contribution in [2.75, 3.05) is 13.3 Å². The Hall–Kier alpha value is -2.74. The Morgan fingerprint density at radius 3 is 2.44 bits per heavy atom. The number of aryl methyl sites for hydroxylation is 1. The summed E-state index contributed by atoms with van der Waals surface area (Å²) in [5, 5.41) is 8.18. The van der Waals surface area contributed by atoms with Crippen LogP contribution in [0.5, 0.6) is 0 Å². The smallest absolute Gasteiger partial charge is 0.254 e. The van der Waals surface area contributed by atoms with Crippen molar-refractivity contribution < 1.29 is 13.2 Å². The zero-order valence-corrected chi connectivity index (χ0v) is 16.6. The van der Waals surface area contributed by atoms with Crippen LogP contribution in [-0.4, -0.2) is 47.5 Å². The Balaban J connectivity index is 1.84. The maximum atomic E-state index is 12.9.